The number of hydrogen-bond acceptors (Lipinski definition) is 3. The largest absolute Gasteiger partial charge is 0.508 e. The van der Waals surface area contributed by atoms with Crippen molar-refractivity contribution in [2.75, 3.05) is 0 Å². The van der Waals surface area contributed by atoms with E-state index >= 15 is 0 Å². The van der Waals surface area contributed by atoms with E-state index in [9.17, 15) is 9.50 Å². The Morgan fingerprint density at radius 1 is 1.16 bits per heavy atom. The van der Waals surface area contributed by atoms with Crippen molar-refractivity contribution in [1.82, 2.24) is 0 Å². The summed E-state index contributed by atoms with van der Waals surface area (Å²) in [5, 5.41) is 12.3. The SMILES string of the molecule is Oc1cccc(OCc2csc3cc(F)ccc23)c1. The van der Waals surface area contributed by atoms with Crippen molar-refractivity contribution in [3.05, 3.63) is 59.2 Å². The van der Waals surface area contributed by atoms with Crippen LogP contribution < -0.4 is 4.74 Å². The molecule has 0 atom stereocenters. The Kier molecular flexibility index (Phi) is 3.09. The normalized spacial score (nSPS) is 10.8. The fraction of sp³-hybridized carbons (Fsp3) is 0.0667. The van der Waals surface area contributed by atoms with E-state index in [0.29, 0.717) is 12.4 Å². The summed E-state index contributed by atoms with van der Waals surface area (Å²) in [6, 6.07) is 11.4. The lowest BCUT2D eigenvalue weighted by molar-refractivity contribution is 0.306. The van der Waals surface area contributed by atoms with Crippen molar-refractivity contribution in [3.63, 3.8) is 0 Å². The zero-order chi connectivity index (χ0) is 13.2. The van der Waals surface area contributed by atoms with Gasteiger partial charge in [-0.2, -0.15) is 0 Å². The molecule has 1 heterocycles. The Balaban J connectivity index is 1.82. The highest BCUT2D eigenvalue weighted by molar-refractivity contribution is 7.17. The van der Waals surface area contributed by atoms with E-state index in [1.807, 2.05) is 5.38 Å². The fourth-order valence-corrected chi connectivity index (χ4v) is 2.87. The smallest absolute Gasteiger partial charge is 0.124 e. The second kappa shape index (κ2) is 4.90. The van der Waals surface area contributed by atoms with Crippen LogP contribution >= 0.6 is 11.3 Å². The van der Waals surface area contributed by atoms with Gasteiger partial charge >= 0.3 is 0 Å². The average molecular weight is 274 g/mol. The van der Waals surface area contributed by atoms with Gasteiger partial charge < -0.3 is 9.84 Å². The van der Waals surface area contributed by atoms with Gasteiger partial charge in [-0.15, -0.1) is 11.3 Å². The summed E-state index contributed by atoms with van der Waals surface area (Å²) >= 11 is 1.50. The highest BCUT2D eigenvalue weighted by atomic mass is 32.1. The van der Waals surface area contributed by atoms with Crippen LogP contribution in [0.1, 0.15) is 5.56 Å². The van der Waals surface area contributed by atoms with E-state index in [2.05, 4.69) is 0 Å². The maximum atomic E-state index is 13.1. The molecule has 0 aliphatic heterocycles. The van der Waals surface area contributed by atoms with Crippen molar-refractivity contribution in [2.45, 2.75) is 6.61 Å². The molecule has 96 valence electrons. The van der Waals surface area contributed by atoms with E-state index in [0.717, 1.165) is 15.6 Å². The molecule has 0 saturated heterocycles. The minimum Gasteiger partial charge on any atom is -0.508 e. The van der Waals surface area contributed by atoms with Crippen LogP contribution in [0, 0.1) is 5.82 Å². The quantitative estimate of drug-likeness (QED) is 0.770. The first kappa shape index (κ1) is 12.0. The maximum Gasteiger partial charge on any atom is 0.124 e. The van der Waals surface area contributed by atoms with Crippen LogP contribution in [0.25, 0.3) is 10.1 Å². The number of phenols is 1. The molecule has 2 nitrogen and oxygen atoms in total. The van der Waals surface area contributed by atoms with Crippen LogP contribution in [-0.2, 0) is 6.61 Å². The van der Waals surface area contributed by atoms with Gasteiger partial charge in [-0.1, -0.05) is 12.1 Å². The van der Waals surface area contributed by atoms with Gasteiger partial charge in [0.2, 0.25) is 0 Å². The van der Waals surface area contributed by atoms with Gasteiger partial charge in [-0.05, 0) is 35.0 Å². The van der Waals surface area contributed by atoms with Gasteiger partial charge in [0.05, 0.1) is 0 Å². The molecule has 0 spiro atoms. The van der Waals surface area contributed by atoms with Crippen LogP contribution in [-0.4, -0.2) is 5.11 Å². The van der Waals surface area contributed by atoms with Crippen molar-refractivity contribution >= 4 is 21.4 Å². The lowest BCUT2D eigenvalue weighted by atomic mass is 10.2. The van der Waals surface area contributed by atoms with Crippen molar-refractivity contribution < 1.29 is 14.2 Å². The van der Waals surface area contributed by atoms with Crippen LogP contribution in [0.4, 0.5) is 4.39 Å². The second-order valence-corrected chi connectivity index (χ2v) is 5.10. The third-order valence-corrected chi connectivity index (χ3v) is 3.82. The van der Waals surface area contributed by atoms with Crippen LogP contribution in [0.3, 0.4) is 0 Å². The molecule has 0 aliphatic carbocycles. The summed E-state index contributed by atoms with van der Waals surface area (Å²) in [7, 11) is 0. The molecule has 2 aromatic carbocycles. The summed E-state index contributed by atoms with van der Waals surface area (Å²) in [6.45, 7) is 0.398. The summed E-state index contributed by atoms with van der Waals surface area (Å²) in [5.41, 5.74) is 1.02. The molecule has 0 aliphatic rings. The molecule has 0 bridgehead atoms. The molecule has 0 radical (unpaired) electrons. The third-order valence-electron chi connectivity index (χ3n) is 2.83. The highest BCUT2D eigenvalue weighted by Crippen LogP contribution is 2.28. The Morgan fingerprint density at radius 3 is 2.89 bits per heavy atom. The van der Waals surface area contributed by atoms with E-state index < -0.39 is 0 Å². The number of thiophene rings is 1. The Bertz CT molecular complexity index is 721. The topological polar surface area (TPSA) is 29.5 Å². The predicted octanol–water partition coefficient (Wildman–Crippen LogP) is 4.33. The van der Waals surface area contributed by atoms with Crippen LogP contribution in [0.5, 0.6) is 11.5 Å². The molecule has 19 heavy (non-hydrogen) atoms. The summed E-state index contributed by atoms with van der Waals surface area (Å²) in [6.07, 6.45) is 0. The van der Waals surface area contributed by atoms with Gasteiger partial charge in [0, 0.05) is 16.3 Å². The Hall–Kier alpha value is -2.07. The zero-order valence-corrected chi connectivity index (χ0v) is 10.8. The molecular formula is C15H11FO2S. The van der Waals surface area contributed by atoms with E-state index in [1.54, 1.807) is 30.3 Å². The molecule has 0 unspecified atom stereocenters. The molecular weight excluding hydrogens is 263 g/mol. The second-order valence-electron chi connectivity index (χ2n) is 4.19. The molecule has 0 fully saturated rings. The molecule has 0 saturated carbocycles. The van der Waals surface area contributed by atoms with Crippen LogP contribution in [0.2, 0.25) is 0 Å². The Morgan fingerprint density at radius 2 is 2.05 bits per heavy atom. The van der Waals surface area contributed by atoms with Gasteiger partial charge in [-0.25, -0.2) is 4.39 Å². The molecule has 1 N–H and O–H groups in total. The summed E-state index contributed by atoms with van der Waals surface area (Å²) in [4.78, 5) is 0. The highest BCUT2D eigenvalue weighted by Gasteiger charge is 2.06. The molecule has 3 aromatic rings. The number of ether oxygens (including phenoxy) is 1. The minimum absolute atomic E-state index is 0.176. The van der Waals surface area contributed by atoms with Gasteiger partial charge in [0.15, 0.2) is 0 Å². The van der Waals surface area contributed by atoms with Gasteiger partial charge in [0.1, 0.15) is 23.9 Å². The minimum atomic E-state index is -0.227. The Labute approximate surface area is 113 Å². The zero-order valence-electron chi connectivity index (χ0n) is 9.97. The molecule has 4 heteroatoms. The van der Waals surface area contributed by atoms with E-state index in [4.69, 9.17) is 4.74 Å². The van der Waals surface area contributed by atoms with E-state index in [1.165, 1.54) is 23.5 Å². The predicted molar refractivity (Wildman–Crippen MR) is 74.2 cm³/mol. The first-order valence-corrected chi connectivity index (χ1v) is 6.68. The van der Waals surface area contributed by atoms with Crippen LogP contribution in [0.15, 0.2) is 47.8 Å². The number of hydrogen-bond donors (Lipinski definition) is 1. The number of halogens is 1. The fourth-order valence-electron chi connectivity index (χ4n) is 1.90. The van der Waals surface area contributed by atoms with E-state index in [-0.39, 0.29) is 11.6 Å². The molecule has 3 rings (SSSR count). The van der Waals surface area contributed by atoms with Crippen molar-refractivity contribution in [2.24, 2.45) is 0 Å². The maximum absolute atomic E-state index is 13.1. The van der Waals surface area contributed by atoms with Gasteiger partial charge in [-0.3, -0.25) is 0 Å². The first-order chi connectivity index (χ1) is 9.22. The van der Waals surface area contributed by atoms with Crippen molar-refractivity contribution in [3.8, 4) is 11.5 Å². The summed E-state index contributed by atoms with van der Waals surface area (Å²) in [5.74, 6) is 0.561. The lowest BCUT2D eigenvalue weighted by Crippen LogP contribution is -1.94. The number of benzene rings is 2. The number of aromatic hydroxyl groups is 1. The standard InChI is InChI=1S/C15H11FO2S/c16-11-4-5-14-10(9-19-15(14)6-11)8-18-13-3-1-2-12(17)7-13/h1-7,9,17H,8H2. The van der Waals surface area contributed by atoms with Crippen molar-refractivity contribution in [1.29, 1.82) is 0 Å². The monoisotopic (exact) mass is 274 g/mol. The average Bonchev–Trinajstić information content (AvgIpc) is 2.78. The molecule has 0 amide bonds. The first-order valence-electron chi connectivity index (χ1n) is 5.80. The lowest BCUT2D eigenvalue weighted by Gasteiger charge is -2.05. The third kappa shape index (κ3) is 2.53. The molecule has 1 aromatic heterocycles. The number of fused-ring (bicyclic) bond motifs is 1. The summed E-state index contributed by atoms with van der Waals surface area (Å²) < 4.78 is 19.6. The number of rotatable bonds is 3. The number of phenolic OH excluding ortho intramolecular Hbond substituents is 1. The van der Waals surface area contributed by atoms with Gasteiger partial charge in [0.25, 0.3) is 0 Å².